The largest absolute Gasteiger partial charge is 0.380 e. The molecule has 7 heteroatoms. The van der Waals surface area contributed by atoms with Gasteiger partial charge < -0.3 is 4.74 Å². The van der Waals surface area contributed by atoms with Crippen molar-refractivity contribution < 1.29 is 17.5 Å². The Hall–Kier alpha value is -0.690. The molecule has 0 radical (unpaired) electrons. The summed E-state index contributed by atoms with van der Waals surface area (Å²) in [6.07, 6.45) is 0.618. The molecule has 1 aliphatic rings. The van der Waals surface area contributed by atoms with Crippen molar-refractivity contribution in [3.05, 3.63) is 29.6 Å². The summed E-state index contributed by atoms with van der Waals surface area (Å²) in [5.74, 6) is -0.626. The summed E-state index contributed by atoms with van der Waals surface area (Å²) >= 11 is 5.66. The third-order valence-electron chi connectivity index (χ3n) is 3.23. The normalized spacial score (nSPS) is 20.1. The van der Waals surface area contributed by atoms with Crippen LogP contribution in [0.1, 0.15) is 12.0 Å². The Morgan fingerprint density at radius 2 is 2.26 bits per heavy atom. The van der Waals surface area contributed by atoms with Gasteiger partial charge in [0, 0.05) is 19.5 Å². The van der Waals surface area contributed by atoms with E-state index in [0.29, 0.717) is 25.2 Å². The van der Waals surface area contributed by atoms with E-state index >= 15 is 0 Å². The van der Waals surface area contributed by atoms with Crippen LogP contribution in [0.25, 0.3) is 0 Å². The van der Waals surface area contributed by atoms with E-state index in [4.69, 9.17) is 16.3 Å². The van der Waals surface area contributed by atoms with Gasteiger partial charge in [0.15, 0.2) is 0 Å². The Labute approximate surface area is 117 Å². The number of benzene rings is 1. The lowest BCUT2D eigenvalue weighted by molar-refractivity contribution is 0.180. The molecule has 1 atom stereocenters. The summed E-state index contributed by atoms with van der Waals surface area (Å²) in [5.41, 5.74) is 0.567. The first-order valence-corrected chi connectivity index (χ1v) is 7.84. The number of nitrogens with zero attached hydrogens (tertiary/aromatic N) is 1. The van der Waals surface area contributed by atoms with Gasteiger partial charge in [0.05, 0.1) is 12.6 Å². The maximum Gasteiger partial charge on any atom is 0.246 e. The standard InChI is InChI=1S/C12H15ClFNO3S/c1-15(10-4-5-18-8-10)19(16,17)12-6-9(7-13)2-3-11(12)14/h2-3,6,10H,4-5,7-8H2,1H3. The van der Waals surface area contributed by atoms with Crippen LogP contribution >= 0.6 is 11.6 Å². The van der Waals surface area contributed by atoms with E-state index in [1.54, 1.807) is 0 Å². The van der Waals surface area contributed by atoms with Gasteiger partial charge in [-0.05, 0) is 24.1 Å². The van der Waals surface area contributed by atoms with E-state index in [0.717, 1.165) is 6.07 Å². The summed E-state index contributed by atoms with van der Waals surface area (Å²) < 4.78 is 44.9. The van der Waals surface area contributed by atoms with Crippen molar-refractivity contribution >= 4 is 21.6 Å². The molecule has 106 valence electrons. The molecule has 0 bridgehead atoms. The van der Waals surface area contributed by atoms with Crippen molar-refractivity contribution in [3.63, 3.8) is 0 Å². The van der Waals surface area contributed by atoms with E-state index in [1.807, 2.05) is 0 Å². The molecule has 0 N–H and O–H groups in total. The Morgan fingerprint density at radius 3 is 2.84 bits per heavy atom. The monoisotopic (exact) mass is 307 g/mol. The van der Waals surface area contributed by atoms with Gasteiger partial charge in [0.1, 0.15) is 10.7 Å². The fourth-order valence-corrected chi connectivity index (χ4v) is 3.64. The predicted octanol–water partition coefficient (Wildman–Crippen LogP) is 1.97. The maximum absolute atomic E-state index is 13.8. The third-order valence-corrected chi connectivity index (χ3v) is 5.46. The van der Waals surface area contributed by atoms with Crippen LogP contribution in [0.15, 0.2) is 23.1 Å². The predicted molar refractivity (Wildman–Crippen MR) is 70.1 cm³/mol. The zero-order chi connectivity index (χ0) is 14.0. The summed E-state index contributed by atoms with van der Waals surface area (Å²) in [6.45, 7) is 0.862. The van der Waals surface area contributed by atoms with Crippen molar-refractivity contribution in [1.29, 1.82) is 0 Å². The highest BCUT2D eigenvalue weighted by Crippen LogP contribution is 2.24. The van der Waals surface area contributed by atoms with Crippen LogP contribution in [0, 0.1) is 5.82 Å². The fraction of sp³-hybridized carbons (Fsp3) is 0.500. The van der Waals surface area contributed by atoms with Crippen molar-refractivity contribution in [2.45, 2.75) is 23.2 Å². The molecule has 0 aliphatic carbocycles. The van der Waals surface area contributed by atoms with Crippen LogP contribution < -0.4 is 0 Å². The number of alkyl halides is 1. The molecule has 1 saturated heterocycles. The number of ether oxygens (including phenoxy) is 1. The van der Waals surface area contributed by atoms with Crippen LogP contribution in [0.4, 0.5) is 4.39 Å². The average molecular weight is 308 g/mol. The minimum absolute atomic E-state index is 0.138. The summed E-state index contributed by atoms with van der Waals surface area (Å²) in [7, 11) is -2.42. The molecule has 2 rings (SSSR count). The number of halogens is 2. The lowest BCUT2D eigenvalue weighted by atomic mass is 10.2. The van der Waals surface area contributed by atoms with E-state index in [9.17, 15) is 12.8 Å². The maximum atomic E-state index is 13.8. The molecule has 19 heavy (non-hydrogen) atoms. The van der Waals surface area contributed by atoms with Gasteiger partial charge in [-0.2, -0.15) is 4.31 Å². The van der Waals surface area contributed by atoms with Crippen molar-refractivity contribution in [3.8, 4) is 0 Å². The quantitative estimate of drug-likeness (QED) is 0.799. The minimum Gasteiger partial charge on any atom is -0.380 e. The SMILES string of the molecule is CN(C1CCOC1)S(=O)(=O)c1cc(CCl)ccc1F. The summed E-state index contributed by atoms with van der Waals surface area (Å²) in [4.78, 5) is -0.333. The smallest absolute Gasteiger partial charge is 0.246 e. The van der Waals surface area contributed by atoms with Crippen LogP contribution in [-0.4, -0.2) is 39.0 Å². The molecule has 1 aliphatic heterocycles. The van der Waals surface area contributed by atoms with Crippen molar-refractivity contribution in [2.75, 3.05) is 20.3 Å². The Bertz CT molecular complexity index is 558. The van der Waals surface area contributed by atoms with Gasteiger partial charge in [0.25, 0.3) is 0 Å². The first kappa shape index (κ1) is 14.7. The molecular formula is C12H15ClFNO3S. The molecule has 1 aromatic rings. The van der Waals surface area contributed by atoms with Gasteiger partial charge in [-0.3, -0.25) is 0 Å². The first-order valence-electron chi connectivity index (χ1n) is 5.87. The van der Waals surface area contributed by atoms with Gasteiger partial charge in [-0.15, -0.1) is 11.6 Å². The number of hydrogen-bond acceptors (Lipinski definition) is 3. The van der Waals surface area contributed by atoms with Crippen molar-refractivity contribution in [1.82, 2.24) is 4.31 Å². The lowest BCUT2D eigenvalue weighted by Gasteiger charge is -2.23. The minimum atomic E-state index is -3.87. The second-order valence-corrected chi connectivity index (χ2v) is 6.67. The number of hydrogen-bond donors (Lipinski definition) is 0. The topological polar surface area (TPSA) is 46.6 Å². The van der Waals surface area contributed by atoms with E-state index in [1.165, 1.54) is 23.5 Å². The highest BCUT2D eigenvalue weighted by molar-refractivity contribution is 7.89. The van der Waals surface area contributed by atoms with E-state index in [-0.39, 0.29) is 16.8 Å². The molecular weight excluding hydrogens is 293 g/mol. The fourth-order valence-electron chi connectivity index (χ4n) is 1.99. The van der Waals surface area contributed by atoms with Gasteiger partial charge >= 0.3 is 0 Å². The van der Waals surface area contributed by atoms with E-state index in [2.05, 4.69) is 0 Å². The number of sulfonamides is 1. The van der Waals surface area contributed by atoms with Crippen LogP contribution in [0.5, 0.6) is 0 Å². The second-order valence-electron chi connectivity index (χ2n) is 4.44. The zero-order valence-corrected chi connectivity index (χ0v) is 12.0. The van der Waals surface area contributed by atoms with Crippen LogP contribution in [-0.2, 0) is 20.6 Å². The van der Waals surface area contributed by atoms with Crippen LogP contribution in [0.2, 0.25) is 0 Å². The van der Waals surface area contributed by atoms with Crippen LogP contribution in [0.3, 0.4) is 0 Å². The number of likely N-dealkylation sites (N-methyl/N-ethyl adjacent to an activating group) is 1. The molecule has 0 spiro atoms. The van der Waals surface area contributed by atoms with Gasteiger partial charge in [-0.25, -0.2) is 12.8 Å². The summed E-state index contributed by atoms with van der Waals surface area (Å²) in [6, 6.07) is 3.64. The zero-order valence-electron chi connectivity index (χ0n) is 10.5. The molecule has 4 nitrogen and oxygen atoms in total. The third kappa shape index (κ3) is 2.91. The Balaban J connectivity index is 2.38. The second kappa shape index (κ2) is 5.75. The molecule has 0 aromatic heterocycles. The first-order chi connectivity index (χ1) is 8.96. The van der Waals surface area contributed by atoms with E-state index < -0.39 is 15.8 Å². The highest BCUT2D eigenvalue weighted by atomic mass is 35.5. The Morgan fingerprint density at radius 1 is 1.53 bits per heavy atom. The highest BCUT2D eigenvalue weighted by Gasteiger charge is 2.32. The molecule has 1 heterocycles. The van der Waals surface area contributed by atoms with Gasteiger partial charge in [-0.1, -0.05) is 6.07 Å². The molecule has 0 saturated carbocycles. The molecule has 1 fully saturated rings. The average Bonchev–Trinajstić information content (AvgIpc) is 2.92. The van der Waals surface area contributed by atoms with Crippen molar-refractivity contribution in [2.24, 2.45) is 0 Å². The van der Waals surface area contributed by atoms with Gasteiger partial charge in [0.2, 0.25) is 10.0 Å². The number of rotatable bonds is 4. The Kier molecular flexibility index (Phi) is 4.45. The molecule has 0 amide bonds. The molecule has 1 aromatic carbocycles. The lowest BCUT2D eigenvalue weighted by Crippen LogP contribution is -2.37. The summed E-state index contributed by atoms with van der Waals surface area (Å²) in [5, 5.41) is 0. The molecule has 1 unspecified atom stereocenters.